The van der Waals surface area contributed by atoms with Crippen molar-refractivity contribution in [1.82, 2.24) is 4.90 Å². The van der Waals surface area contributed by atoms with Gasteiger partial charge in [-0.1, -0.05) is 6.92 Å². The van der Waals surface area contributed by atoms with E-state index >= 15 is 0 Å². The fourth-order valence-electron chi connectivity index (χ4n) is 1.75. The molecule has 16 heavy (non-hydrogen) atoms. The van der Waals surface area contributed by atoms with E-state index in [0.717, 1.165) is 6.42 Å². The van der Waals surface area contributed by atoms with E-state index < -0.39 is 5.60 Å². The van der Waals surface area contributed by atoms with Crippen molar-refractivity contribution in [2.24, 2.45) is 5.92 Å². The first-order chi connectivity index (χ1) is 7.29. The zero-order valence-electron chi connectivity index (χ0n) is 10.7. The Labute approximate surface area is 97.6 Å². The molecule has 1 aliphatic rings. The predicted molar refractivity (Wildman–Crippen MR) is 62.2 cm³/mol. The number of aliphatic hydroxyl groups excluding tert-OH is 1. The van der Waals surface area contributed by atoms with Crippen molar-refractivity contribution in [3.05, 3.63) is 0 Å². The number of aliphatic hydroxyl groups is 1. The highest BCUT2D eigenvalue weighted by Gasteiger charge is 2.27. The lowest BCUT2D eigenvalue weighted by molar-refractivity contribution is 0.0251. The Balaban J connectivity index is 2.51. The number of hydrogen-bond acceptors (Lipinski definition) is 3. The molecular formula is C12H23NO3. The van der Waals surface area contributed by atoms with Crippen molar-refractivity contribution in [1.29, 1.82) is 0 Å². The third-order valence-corrected chi connectivity index (χ3v) is 2.86. The molecule has 0 aliphatic carbocycles. The maximum absolute atomic E-state index is 11.8. The van der Waals surface area contributed by atoms with E-state index in [1.54, 1.807) is 4.90 Å². The molecule has 0 aromatic rings. The molecule has 1 amide bonds. The fraction of sp³-hybridized carbons (Fsp3) is 0.917. The van der Waals surface area contributed by atoms with Crippen LogP contribution in [0.3, 0.4) is 0 Å². The van der Waals surface area contributed by atoms with E-state index in [0.29, 0.717) is 19.5 Å². The van der Waals surface area contributed by atoms with E-state index in [1.807, 2.05) is 27.7 Å². The summed E-state index contributed by atoms with van der Waals surface area (Å²) in [5, 5.41) is 9.71. The van der Waals surface area contributed by atoms with Crippen LogP contribution < -0.4 is 0 Å². The fourth-order valence-corrected chi connectivity index (χ4v) is 1.75. The van der Waals surface area contributed by atoms with Gasteiger partial charge in [-0.25, -0.2) is 4.79 Å². The summed E-state index contributed by atoms with van der Waals surface area (Å²) in [6.07, 6.45) is 0.905. The standard InChI is InChI=1S/C12H23NO3/c1-9-5-7-13(8-6-10(9)14)11(15)16-12(2,3)4/h9-10,14H,5-8H2,1-4H3/t9-,10-/m0/s1. The van der Waals surface area contributed by atoms with Crippen LogP contribution in [-0.2, 0) is 4.74 Å². The molecule has 0 spiro atoms. The SMILES string of the molecule is C[C@H]1CCN(C(=O)OC(C)(C)C)CC[C@@H]1O. The van der Waals surface area contributed by atoms with Gasteiger partial charge in [0.2, 0.25) is 0 Å². The van der Waals surface area contributed by atoms with Gasteiger partial charge in [0.1, 0.15) is 5.60 Å². The van der Waals surface area contributed by atoms with Crippen molar-refractivity contribution < 1.29 is 14.6 Å². The number of carbonyl (C=O) groups is 1. The molecular weight excluding hydrogens is 206 g/mol. The van der Waals surface area contributed by atoms with Crippen molar-refractivity contribution in [2.45, 2.75) is 52.2 Å². The van der Waals surface area contributed by atoms with Gasteiger partial charge in [-0.2, -0.15) is 0 Å². The lowest BCUT2D eigenvalue weighted by Crippen LogP contribution is -2.37. The highest BCUT2D eigenvalue weighted by atomic mass is 16.6. The first-order valence-corrected chi connectivity index (χ1v) is 5.95. The summed E-state index contributed by atoms with van der Waals surface area (Å²) in [6, 6.07) is 0. The first-order valence-electron chi connectivity index (χ1n) is 5.95. The molecule has 4 heteroatoms. The lowest BCUT2D eigenvalue weighted by atomic mass is 10.0. The lowest BCUT2D eigenvalue weighted by Gasteiger charge is -2.26. The van der Waals surface area contributed by atoms with Crippen LogP contribution >= 0.6 is 0 Å². The molecule has 1 heterocycles. The van der Waals surface area contributed by atoms with Crippen molar-refractivity contribution in [3.63, 3.8) is 0 Å². The molecule has 0 unspecified atom stereocenters. The second kappa shape index (κ2) is 5.04. The predicted octanol–water partition coefficient (Wildman–Crippen LogP) is 2.01. The minimum Gasteiger partial charge on any atom is -0.444 e. The number of amides is 1. The van der Waals surface area contributed by atoms with Gasteiger partial charge in [0, 0.05) is 13.1 Å². The number of nitrogens with zero attached hydrogens (tertiary/aromatic N) is 1. The Hall–Kier alpha value is -0.770. The summed E-state index contributed by atoms with van der Waals surface area (Å²) in [5.41, 5.74) is -0.451. The largest absolute Gasteiger partial charge is 0.444 e. The topological polar surface area (TPSA) is 49.8 Å². The Kier molecular flexibility index (Phi) is 4.19. The van der Waals surface area contributed by atoms with E-state index in [4.69, 9.17) is 4.74 Å². The second-order valence-corrected chi connectivity index (χ2v) is 5.59. The molecule has 0 saturated carbocycles. The number of rotatable bonds is 0. The van der Waals surface area contributed by atoms with Gasteiger partial charge in [0.25, 0.3) is 0 Å². The van der Waals surface area contributed by atoms with Gasteiger partial charge in [-0.3, -0.25) is 0 Å². The summed E-state index contributed by atoms with van der Waals surface area (Å²) in [4.78, 5) is 13.5. The second-order valence-electron chi connectivity index (χ2n) is 5.59. The minimum absolute atomic E-state index is 0.257. The van der Waals surface area contributed by atoms with Crippen LogP contribution in [0.1, 0.15) is 40.5 Å². The van der Waals surface area contributed by atoms with Crippen LogP contribution in [0.2, 0.25) is 0 Å². The van der Waals surface area contributed by atoms with E-state index in [1.165, 1.54) is 0 Å². The van der Waals surface area contributed by atoms with Crippen LogP contribution in [0.4, 0.5) is 4.79 Å². The number of likely N-dealkylation sites (tertiary alicyclic amines) is 1. The zero-order chi connectivity index (χ0) is 12.3. The van der Waals surface area contributed by atoms with E-state index in [-0.39, 0.29) is 18.1 Å². The molecule has 1 saturated heterocycles. The summed E-state index contributed by atoms with van der Waals surface area (Å²) < 4.78 is 5.31. The van der Waals surface area contributed by atoms with Crippen molar-refractivity contribution in [2.75, 3.05) is 13.1 Å². The molecule has 2 atom stereocenters. The minimum atomic E-state index is -0.451. The molecule has 4 nitrogen and oxygen atoms in total. The maximum Gasteiger partial charge on any atom is 0.410 e. The molecule has 1 fully saturated rings. The summed E-state index contributed by atoms with van der Waals surface area (Å²) in [6.45, 7) is 8.86. The highest BCUT2D eigenvalue weighted by molar-refractivity contribution is 5.68. The van der Waals surface area contributed by atoms with Gasteiger partial charge < -0.3 is 14.7 Å². The van der Waals surface area contributed by atoms with Gasteiger partial charge in [-0.15, -0.1) is 0 Å². The monoisotopic (exact) mass is 229 g/mol. The summed E-state index contributed by atoms with van der Waals surface area (Å²) in [5.74, 6) is 0.257. The zero-order valence-corrected chi connectivity index (χ0v) is 10.7. The average molecular weight is 229 g/mol. The Morgan fingerprint density at radius 1 is 1.31 bits per heavy atom. The molecule has 94 valence electrons. The average Bonchev–Trinajstić information content (AvgIpc) is 2.28. The Morgan fingerprint density at radius 2 is 1.88 bits per heavy atom. The Bertz CT molecular complexity index is 235. The van der Waals surface area contributed by atoms with Crippen LogP contribution in [0.15, 0.2) is 0 Å². The smallest absolute Gasteiger partial charge is 0.410 e. The maximum atomic E-state index is 11.8. The van der Waals surface area contributed by atoms with Crippen LogP contribution in [0.5, 0.6) is 0 Å². The molecule has 0 aromatic carbocycles. The van der Waals surface area contributed by atoms with Crippen LogP contribution in [-0.4, -0.2) is 40.9 Å². The van der Waals surface area contributed by atoms with Gasteiger partial charge >= 0.3 is 6.09 Å². The quantitative estimate of drug-likeness (QED) is 0.691. The molecule has 1 N–H and O–H groups in total. The van der Waals surface area contributed by atoms with Gasteiger partial charge in [0.05, 0.1) is 6.10 Å². The van der Waals surface area contributed by atoms with Crippen molar-refractivity contribution in [3.8, 4) is 0 Å². The number of carbonyl (C=O) groups excluding carboxylic acids is 1. The van der Waals surface area contributed by atoms with E-state index in [2.05, 4.69) is 0 Å². The van der Waals surface area contributed by atoms with Gasteiger partial charge in [-0.05, 0) is 39.5 Å². The van der Waals surface area contributed by atoms with Crippen molar-refractivity contribution >= 4 is 6.09 Å². The molecule has 0 aromatic heterocycles. The molecule has 1 rings (SSSR count). The highest BCUT2D eigenvalue weighted by Crippen LogP contribution is 2.19. The van der Waals surface area contributed by atoms with Crippen LogP contribution in [0.25, 0.3) is 0 Å². The molecule has 0 bridgehead atoms. The van der Waals surface area contributed by atoms with Gasteiger partial charge in [0.15, 0.2) is 0 Å². The third kappa shape index (κ3) is 4.00. The molecule has 0 radical (unpaired) electrons. The third-order valence-electron chi connectivity index (χ3n) is 2.86. The summed E-state index contributed by atoms with van der Waals surface area (Å²) >= 11 is 0. The number of ether oxygens (including phenoxy) is 1. The normalized spacial score (nSPS) is 27.4. The Morgan fingerprint density at radius 3 is 2.44 bits per heavy atom. The molecule has 1 aliphatic heterocycles. The first kappa shape index (κ1) is 13.3. The van der Waals surface area contributed by atoms with E-state index in [9.17, 15) is 9.90 Å². The number of hydrogen-bond donors (Lipinski definition) is 1. The van der Waals surface area contributed by atoms with Crippen LogP contribution in [0, 0.1) is 5.92 Å². The summed E-state index contributed by atoms with van der Waals surface area (Å²) in [7, 11) is 0.